The molecule has 30 valence electrons. The van der Waals surface area contributed by atoms with E-state index in [1.54, 1.807) is 0 Å². The number of hydrogen-bond donors (Lipinski definition) is 0. The van der Waals surface area contributed by atoms with Crippen molar-refractivity contribution in [2.45, 2.75) is 12.7 Å². The number of rotatable bonds is 3. The molecule has 0 aromatic heterocycles. The minimum absolute atomic E-state index is 0.566. The van der Waals surface area contributed by atoms with E-state index in [1.807, 2.05) is 0 Å². The third kappa shape index (κ3) is 4.09. The Kier molecular flexibility index (Phi) is 5.17. The van der Waals surface area contributed by atoms with Crippen molar-refractivity contribution in [3.8, 4) is 0 Å². The van der Waals surface area contributed by atoms with Crippen LogP contribution in [0.3, 0.4) is 0 Å². The Morgan fingerprint density at radius 3 is 2.33 bits per heavy atom. The maximum atomic E-state index is 5.08. The molecule has 0 aliphatic carbocycles. The van der Waals surface area contributed by atoms with Crippen molar-refractivity contribution >= 4 is 15.9 Å². The SMILES string of the molecule is [B]CCCO[B]. The fourth-order valence-corrected chi connectivity index (χ4v) is 0.167. The van der Waals surface area contributed by atoms with E-state index in [4.69, 9.17) is 7.85 Å². The van der Waals surface area contributed by atoms with Gasteiger partial charge in [-0.2, -0.15) is 0 Å². The fourth-order valence-electron chi connectivity index (χ4n) is 0.167. The van der Waals surface area contributed by atoms with Gasteiger partial charge in [0.15, 0.2) is 0 Å². The molecule has 0 unspecified atom stereocenters. The van der Waals surface area contributed by atoms with Gasteiger partial charge in [-0.15, -0.1) is 0 Å². The molecular weight excluding hydrogens is 73.7 g/mol. The second-order valence-electron chi connectivity index (χ2n) is 1.01. The molecule has 0 saturated heterocycles. The van der Waals surface area contributed by atoms with Crippen molar-refractivity contribution in [1.82, 2.24) is 0 Å². The van der Waals surface area contributed by atoms with Crippen LogP contribution >= 0.6 is 0 Å². The molecule has 0 aliphatic heterocycles. The second-order valence-corrected chi connectivity index (χ2v) is 1.01. The Morgan fingerprint density at radius 1 is 1.50 bits per heavy atom. The van der Waals surface area contributed by atoms with Gasteiger partial charge in [0.2, 0.25) is 0 Å². The van der Waals surface area contributed by atoms with E-state index in [-0.39, 0.29) is 0 Å². The highest BCUT2D eigenvalue weighted by molar-refractivity contribution is 6.08. The summed E-state index contributed by atoms with van der Waals surface area (Å²) in [6.45, 7) is 0.566. The van der Waals surface area contributed by atoms with E-state index in [9.17, 15) is 0 Å². The molecule has 0 aromatic carbocycles. The summed E-state index contributed by atoms with van der Waals surface area (Å²) >= 11 is 0. The Hall–Kier alpha value is 0.0899. The molecule has 0 fully saturated rings. The second kappa shape index (κ2) is 5.09. The van der Waals surface area contributed by atoms with Crippen molar-refractivity contribution in [2.75, 3.05) is 6.61 Å². The zero-order valence-electron chi connectivity index (χ0n) is 3.68. The van der Waals surface area contributed by atoms with Gasteiger partial charge in [-0.3, -0.25) is 0 Å². The molecule has 0 aromatic rings. The van der Waals surface area contributed by atoms with Crippen molar-refractivity contribution in [3.63, 3.8) is 0 Å². The van der Waals surface area contributed by atoms with Gasteiger partial charge in [0.1, 0.15) is 0 Å². The minimum atomic E-state index is 0.566. The maximum Gasteiger partial charge on any atom is 0.282 e. The van der Waals surface area contributed by atoms with Crippen LogP contribution in [0.5, 0.6) is 0 Å². The summed E-state index contributed by atoms with van der Waals surface area (Å²) in [7, 11) is 9.74. The Balaban J connectivity index is 2.34. The van der Waals surface area contributed by atoms with Crippen LogP contribution in [0.4, 0.5) is 0 Å². The minimum Gasteiger partial charge on any atom is -0.448 e. The molecule has 0 N–H and O–H groups in total. The first kappa shape index (κ1) is 6.09. The predicted molar refractivity (Wildman–Crippen MR) is 26.9 cm³/mol. The summed E-state index contributed by atoms with van der Waals surface area (Å²) in [6.07, 6.45) is 1.49. The Morgan fingerprint density at radius 2 is 2.17 bits per heavy atom. The maximum absolute atomic E-state index is 5.08. The van der Waals surface area contributed by atoms with Gasteiger partial charge in [0.25, 0.3) is 8.05 Å². The molecule has 4 radical (unpaired) electrons. The first-order chi connectivity index (χ1) is 2.91. The first-order valence-electron chi connectivity index (χ1n) is 1.93. The normalized spacial score (nSPS) is 8.67. The monoisotopic (exact) mass is 80.1 g/mol. The van der Waals surface area contributed by atoms with Crippen molar-refractivity contribution in [3.05, 3.63) is 0 Å². The van der Waals surface area contributed by atoms with Gasteiger partial charge in [0.05, 0.1) is 7.85 Å². The van der Waals surface area contributed by atoms with Crippen LogP contribution in [0, 0.1) is 0 Å². The van der Waals surface area contributed by atoms with E-state index >= 15 is 0 Å². The predicted octanol–water partition coefficient (Wildman–Crippen LogP) is 0.0634. The molecule has 6 heavy (non-hydrogen) atoms. The third-order valence-electron chi connectivity index (χ3n) is 0.466. The van der Waals surface area contributed by atoms with Crippen LogP contribution < -0.4 is 0 Å². The van der Waals surface area contributed by atoms with Crippen molar-refractivity contribution < 1.29 is 4.65 Å². The highest BCUT2D eigenvalue weighted by Crippen LogP contribution is 1.80. The lowest BCUT2D eigenvalue weighted by Gasteiger charge is -1.90. The topological polar surface area (TPSA) is 9.23 Å². The summed E-state index contributed by atoms with van der Waals surface area (Å²) in [5.74, 6) is 0. The molecule has 0 heterocycles. The van der Waals surface area contributed by atoms with Crippen molar-refractivity contribution in [1.29, 1.82) is 0 Å². The zero-order valence-corrected chi connectivity index (χ0v) is 3.68. The molecule has 1 nitrogen and oxygen atoms in total. The molecule has 0 bridgehead atoms. The van der Waals surface area contributed by atoms with Crippen molar-refractivity contribution in [2.24, 2.45) is 0 Å². The van der Waals surface area contributed by atoms with Crippen LogP contribution in [0.25, 0.3) is 0 Å². The zero-order chi connectivity index (χ0) is 4.83. The van der Waals surface area contributed by atoms with E-state index in [2.05, 4.69) is 12.7 Å². The van der Waals surface area contributed by atoms with Crippen LogP contribution in [0.2, 0.25) is 6.32 Å². The van der Waals surface area contributed by atoms with E-state index < -0.39 is 0 Å². The molecule has 0 rings (SSSR count). The molecule has 3 heteroatoms. The smallest absolute Gasteiger partial charge is 0.282 e. The van der Waals surface area contributed by atoms with Gasteiger partial charge in [0, 0.05) is 6.61 Å². The van der Waals surface area contributed by atoms with E-state index in [0.29, 0.717) is 12.9 Å². The average Bonchev–Trinajstić information content (AvgIpc) is 1.61. The highest BCUT2D eigenvalue weighted by atomic mass is 16.4. The molecule has 0 spiro atoms. The summed E-state index contributed by atoms with van der Waals surface area (Å²) < 4.78 is 4.20. The van der Waals surface area contributed by atoms with Gasteiger partial charge in [-0.05, 0) is 6.42 Å². The van der Waals surface area contributed by atoms with Gasteiger partial charge in [-0.25, -0.2) is 0 Å². The summed E-state index contributed by atoms with van der Waals surface area (Å²) in [5.41, 5.74) is 0. The van der Waals surface area contributed by atoms with E-state index in [1.165, 1.54) is 0 Å². The Labute approximate surface area is 40.9 Å². The average molecular weight is 79.7 g/mol. The standard InChI is InChI=1S/C3H6B2O/c4-2-1-3-6-5/h1-3H2. The summed E-state index contributed by atoms with van der Waals surface area (Å²) in [6, 6.07) is 0. The first-order valence-corrected chi connectivity index (χ1v) is 1.93. The summed E-state index contributed by atoms with van der Waals surface area (Å²) in [4.78, 5) is 0. The molecule has 0 atom stereocenters. The molecular formula is C3H6B2O. The van der Waals surface area contributed by atoms with Gasteiger partial charge >= 0.3 is 0 Å². The summed E-state index contributed by atoms with van der Waals surface area (Å²) in [5, 5.41) is 0. The lowest BCUT2D eigenvalue weighted by molar-refractivity contribution is 0.349. The fraction of sp³-hybridized carbons (Fsp3) is 1.00. The van der Waals surface area contributed by atoms with Gasteiger partial charge in [-0.1, -0.05) is 6.32 Å². The van der Waals surface area contributed by atoms with Crippen LogP contribution in [-0.2, 0) is 4.65 Å². The van der Waals surface area contributed by atoms with Crippen LogP contribution in [0.15, 0.2) is 0 Å². The van der Waals surface area contributed by atoms with Crippen LogP contribution in [0.1, 0.15) is 6.42 Å². The highest BCUT2D eigenvalue weighted by Gasteiger charge is 1.74. The quantitative estimate of drug-likeness (QED) is 0.344. The lowest BCUT2D eigenvalue weighted by atomic mass is 10.0. The molecule has 0 saturated carbocycles. The van der Waals surface area contributed by atoms with E-state index in [0.717, 1.165) is 6.42 Å². The largest absolute Gasteiger partial charge is 0.448 e. The molecule has 0 aliphatic rings. The molecule has 0 amide bonds. The lowest BCUT2D eigenvalue weighted by Crippen LogP contribution is -1.86. The number of hydrogen-bond acceptors (Lipinski definition) is 1. The van der Waals surface area contributed by atoms with Crippen LogP contribution in [-0.4, -0.2) is 22.5 Å². The Bertz CT molecular complexity index is 20.8. The third-order valence-corrected chi connectivity index (χ3v) is 0.466. The van der Waals surface area contributed by atoms with Gasteiger partial charge < -0.3 is 4.65 Å².